The Kier molecular flexibility index (Phi) is 11.9. The lowest BCUT2D eigenvalue weighted by Gasteiger charge is -2.31. The first-order chi connectivity index (χ1) is 12.2. The van der Waals surface area contributed by atoms with Crippen molar-refractivity contribution in [2.75, 3.05) is 39.8 Å². The Morgan fingerprint density at radius 3 is 2.81 bits per heavy atom. The van der Waals surface area contributed by atoms with Gasteiger partial charge in [0.2, 0.25) is 5.91 Å². The number of aliphatic imine (C=N–C) groups is 1. The standard InChI is InChI=1S/C19H35N5O.HI/c1-21-19(23-12-10-16-7-3-2-4-8-16)22-11-6-14-24-13-5-9-17(15-24)18(20)25;/h7,17H,2-6,8-15H2,1H3,(H2,20,25)(H2,21,22,23);1H. The summed E-state index contributed by atoms with van der Waals surface area (Å²) < 4.78 is 0. The third kappa shape index (κ3) is 8.70. The number of likely N-dealkylation sites (tertiary alicyclic amines) is 1. The summed E-state index contributed by atoms with van der Waals surface area (Å²) in [4.78, 5) is 18.0. The van der Waals surface area contributed by atoms with Crippen LogP contribution in [-0.4, -0.2) is 56.5 Å². The van der Waals surface area contributed by atoms with E-state index in [0.717, 1.165) is 64.4 Å². The van der Waals surface area contributed by atoms with E-state index in [1.165, 1.54) is 25.7 Å². The van der Waals surface area contributed by atoms with Gasteiger partial charge in [-0.25, -0.2) is 0 Å². The van der Waals surface area contributed by atoms with Gasteiger partial charge in [-0.15, -0.1) is 24.0 Å². The summed E-state index contributed by atoms with van der Waals surface area (Å²) in [6, 6.07) is 0. The van der Waals surface area contributed by atoms with Gasteiger partial charge in [0, 0.05) is 26.7 Å². The molecule has 0 radical (unpaired) electrons. The number of allylic oxidation sites excluding steroid dienone is 1. The summed E-state index contributed by atoms with van der Waals surface area (Å²) in [7, 11) is 1.82. The van der Waals surface area contributed by atoms with Crippen molar-refractivity contribution in [1.29, 1.82) is 0 Å². The molecule has 1 unspecified atom stereocenters. The minimum absolute atomic E-state index is 0. The predicted octanol–water partition coefficient (Wildman–Crippen LogP) is 2.25. The number of halogens is 1. The molecule has 1 heterocycles. The average Bonchev–Trinajstić information content (AvgIpc) is 2.64. The highest BCUT2D eigenvalue weighted by Crippen LogP contribution is 2.19. The number of primary amides is 1. The molecule has 4 N–H and O–H groups in total. The van der Waals surface area contributed by atoms with Crippen LogP contribution < -0.4 is 16.4 Å². The van der Waals surface area contributed by atoms with Gasteiger partial charge in [-0.05, 0) is 64.5 Å². The van der Waals surface area contributed by atoms with Gasteiger partial charge in [0.25, 0.3) is 0 Å². The molecule has 7 heteroatoms. The first kappa shape index (κ1) is 23.2. The van der Waals surface area contributed by atoms with Crippen molar-refractivity contribution in [1.82, 2.24) is 15.5 Å². The molecule has 6 nitrogen and oxygen atoms in total. The Morgan fingerprint density at radius 1 is 1.31 bits per heavy atom. The van der Waals surface area contributed by atoms with Gasteiger partial charge < -0.3 is 21.3 Å². The van der Waals surface area contributed by atoms with Crippen molar-refractivity contribution in [2.24, 2.45) is 16.6 Å². The van der Waals surface area contributed by atoms with Crippen molar-refractivity contribution in [3.63, 3.8) is 0 Å². The van der Waals surface area contributed by atoms with Gasteiger partial charge in [-0.1, -0.05) is 11.6 Å². The third-order valence-electron chi connectivity index (χ3n) is 5.20. The van der Waals surface area contributed by atoms with Gasteiger partial charge in [0.1, 0.15) is 0 Å². The highest BCUT2D eigenvalue weighted by atomic mass is 127. The molecule has 1 aliphatic carbocycles. The van der Waals surface area contributed by atoms with Gasteiger partial charge in [0.05, 0.1) is 5.92 Å². The quantitative estimate of drug-likeness (QED) is 0.165. The number of nitrogens with zero attached hydrogens (tertiary/aromatic N) is 2. The Hall–Kier alpha value is -0.830. The molecule has 0 spiro atoms. The SMILES string of the molecule is CN=C(NCCCN1CCCC(C(N)=O)C1)NCCC1=CCCCC1.I. The van der Waals surface area contributed by atoms with Crippen LogP contribution in [-0.2, 0) is 4.79 Å². The number of piperidine rings is 1. The van der Waals surface area contributed by atoms with Gasteiger partial charge in [-0.3, -0.25) is 9.79 Å². The lowest BCUT2D eigenvalue weighted by atomic mass is 9.97. The lowest BCUT2D eigenvalue weighted by molar-refractivity contribution is -0.123. The minimum atomic E-state index is -0.152. The monoisotopic (exact) mass is 477 g/mol. The number of hydrogen-bond donors (Lipinski definition) is 3. The molecular weight excluding hydrogens is 441 g/mol. The van der Waals surface area contributed by atoms with E-state index in [9.17, 15) is 4.79 Å². The molecule has 1 aliphatic heterocycles. The van der Waals surface area contributed by atoms with Gasteiger partial charge >= 0.3 is 0 Å². The van der Waals surface area contributed by atoms with E-state index in [4.69, 9.17) is 5.73 Å². The van der Waals surface area contributed by atoms with Gasteiger partial charge in [0.15, 0.2) is 5.96 Å². The topological polar surface area (TPSA) is 82.8 Å². The van der Waals surface area contributed by atoms with E-state index in [1.54, 1.807) is 5.57 Å². The third-order valence-corrected chi connectivity index (χ3v) is 5.20. The summed E-state index contributed by atoms with van der Waals surface area (Å²) in [5.41, 5.74) is 7.02. The fraction of sp³-hybridized carbons (Fsp3) is 0.789. The second kappa shape index (κ2) is 13.4. The fourth-order valence-electron chi connectivity index (χ4n) is 3.69. The van der Waals surface area contributed by atoms with E-state index in [-0.39, 0.29) is 35.8 Å². The number of nitrogens with two attached hydrogens (primary N) is 1. The molecule has 150 valence electrons. The van der Waals surface area contributed by atoms with Crippen LogP contribution in [0.15, 0.2) is 16.6 Å². The zero-order chi connectivity index (χ0) is 17.9. The van der Waals surface area contributed by atoms with Crippen LogP contribution in [0.2, 0.25) is 0 Å². The molecule has 0 aromatic carbocycles. The minimum Gasteiger partial charge on any atom is -0.369 e. The molecule has 0 bridgehead atoms. The Morgan fingerprint density at radius 2 is 2.12 bits per heavy atom. The van der Waals surface area contributed by atoms with Crippen LogP contribution in [0.4, 0.5) is 0 Å². The zero-order valence-corrected chi connectivity index (χ0v) is 18.5. The Balaban J connectivity index is 0.00000338. The Bertz CT molecular complexity index is 481. The molecule has 2 rings (SSSR count). The van der Waals surface area contributed by atoms with Gasteiger partial charge in [-0.2, -0.15) is 0 Å². The number of carbonyl (C=O) groups is 1. The largest absolute Gasteiger partial charge is 0.369 e. The molecule has 0 aromatic rings. The maximum Gasteiger partial charge on any atom is 0.221 e. The smallest absolute Gasteiger partial charge is 0.221 e. The summed E-state index contributed by atoms with van der Waals surface area (Å²) in [5.74, 6) is 0.760. The number of amides is 1. The second-order valence-corrected chi connectivity index (χ2v) is 7.18. The van der Waals surface area contributed by atoms with E-state index in [1.807, 2.05) is 7.05 Å². The van der Waals surface area contributed by atoms with Crippen molar-refractivity contribution >= 4 is 35.8 Å². The zero-order valence-electron chi connectivity index (χ0n) is 16.1. The number of hydrogen-bond acceptors (Lipinski definition) is 3. The molecule has 1 fully saturated rings. The molecule has 1 amide bonds. The predicted molar refractivity (Wildman–Crippen MR) is 119 cm³/mol. The maximum atomic E-state index is 11.3. The second-order valence-electron chi connectivity index (χ2n) is 7.18. The highest BCUT2D eigenvalue weighted by Gasteiger charge is 2.23. The van der Waals surface area contributed by atoms with E-state index >= 15 is 0 Å². The number of carbonyl (C=O) groups excluding carboxylic acids is 1. The van der Waals surface area contributed by atoms with E-state index < -0.39 is 0 Å². The molecule has 26 heavy (non-hydrogen) atoms. The molecule has 1 atom stereocenters. The first-order valence-corrected chi connectivity index (χ1v) is 9.83. The van der Waals surface area contributed by atoms with Crippen molar-refractivity contribution < 1.29 is 4.79 Å². The normalized spacial score (nSPS) is 21.5. The number of nitrogens with one attached hydrogen (secondary N) is 2. The van der Waals surface area contributed by atoms with Crippen molar-refractivity contribution in [2.45, 2.75) is 51.4 Å². The molecule has 2 aliphatic rings. The lowest BCUT2D eigenvalue weighted by Crippen LogP contribution is -2.43. The van der Waals surface area contributed by atoms with Crippen LogP contribution in [0.25, 0.3) is 0 Å². The van der Waals surface area contributed by atoms with Crippen LogP contribution in [0, 0.1) is 5.92 Å². The summed E-state index contributed by atoms with van der Waals surface area (Å²) in [6.45, 7) is 4.72. The van der Waals surface area contributed by atoms with E-state index in [0.29, 0.717) is 0 Å². The van der Waals surface area contributed by atoms with Crippen LogP contribution >= 0.6 is 24.0 Å². The summed E-state index contributed by atoms with van der Waals surface area (Å²) in [5, 5.41) is 6.78. The Labute approximate surface area is 175 Å². The highest BCUT2D eigenvalue weighted by molar-refractivity contribution is 14.0. The fourth-order valence-corrected chi connectivity index (χ4v) is 3.69. The van der Waals surface area contributed by atoms with Crippen LogP contribution in [0.5, 0.6) is 0 Å². The molecular formula is C19H36IN5O. The van der Waals surface area contributed by atoms with Crippen molar-refractivity contribution in [3.05, 3.63) is 11.6 Å². The van der Waals surface area contributed by atoms with Crippen molar-refractivity contribution in [3.8, 4) is 0 Å². The summed E-state index contributed by atoms with van der Waals surface area (Å²) >= 11 is 0. The van der Waals surface area contributed by atoms with Crippen LogP contribution in [0.1, 0.15) is 51.4 Å². The van der Waals surface area contributed by atoms with Crippen LogP contribution in [0.3, 0.4) is 0 Å². The van der Waals surface area contributed by atoms with E-state index in [2.05, 4.69) is 26.6 Å². The average molecular weight is 477 g/mol. The molecule has 0 aromatic heterocycles. The first-order valence-electron chi connectivity index (χ1n) is 9.83. The molecule has 0 saturated carbocycles. The maximum absolute atomic E-state index is 11.3. The number of rotatable bonds is 8. The summed E-state index contributed by atoms with van der Waals surface area (Å²) in [6.07, 6.45) is 11.8. The number of guanidine groups is 1. The molecule has 1 saturated heterocycles.